The molecule has 0 aliphatic carbocycles. The van der Waals surface area contributed by atoms with Crippen molar-refractivity contribution in [2.24, 2.45) is 0 Å². The lowest BCUT2D eigenvalue weighted by molar-refractivity contribution is -0.143. The number of carboxylic acids is 2. The highest BCUT2D eigenvalue weighted by atomic mass is 16.4. The van der Waals surface area contributed by atoms with Crippen LogP contribution in [0.4, 0.5) is 0 Å². The van der Waals surface area contributed by atoms with Crippen LogP contribution in [-0.2, 0) is 9.59 Å². The average molecular weight is 296 g/mol. The van der Waals surface area contributed by atoms with E-state index in [4.69, 9.17) is 20.4 Å². The van der Waals surface area contributed by atoms with Crippen LogP contribution in [0.1, 0.15) is 12.8 Å². The summed E-state index contributed by atoms with van der Waals surface area (Å²) in [6, 6.07) is 0. The highest BCUT2D eigenvalue weighted by Crippen LogP contribution is 1.86. The predicted molar refractivity (Wildman–Crippen MR) is 75.8 cm³/mol. The Morgan fingerprint density at radius 2 is 1.00 bits per heavy atom. The maximum Gasteiger partial charge on any atom is 0.303 e. The topological polar surface area (TPSA) is 122 Å². The van der Waals surface area contributed by atoms with Gasteiger partial charge in [-0.05, 0) is 28.2 Å². The van der Waals surface area contributed by atoms with E-state index in [0.29, 0.717) is 0 Å². The van der Waals surface area contributed by atoms with E-state index in [0.717, 1.165) is 13.1 Å². The SMILES string of the molecule is CN(C)CCO.CN(C)CCO.O=C(O)CCC(=O)O. The van der Waals surface area contributed by atoms with Crippen molar-refractivity contribution < 1.29 is 30.0 Å². The van der Waals surface area contributed by atoms with Crippen LogP contribution < -0.4 is 0 Å². The molecule has 20 heavy (non-hydrogen) atoms. The largest absolute Gasteiger partial charge is 0.481 e. The molecule has 0 aliphatic heterocycles. The normalized spacial score (nSPS) is 9.40. The van der Waals surface area contributed by atoms with E-state index >= 15 is 0 Å². The second kappa shape index (κ2) is 17.8. The second-order valence-corrected chi connectivity index (χ2v) is 4.34. The van der Waals surface area contributed by atoms with Crippen molar-refractivity contribution in [3.05, 3.63) is 0 Å². The first-order valence-corrected chi connectivity index (χ1v) is 6.12. The average Bonchev–Trinajstić information content (AvgIpc) is 2.27. The molecule has 0 radical (unpaired) electrons. The van der Waals surface area contributed by atoms with Gasteiger partial charge in [0.2, 0.25) is 0 Å². The zero-order valence-electron chi connectivity index (χ0n) is 12.7. The van der Waals surface area contributed by atoms with Crippen molar-refractivity contribution in [2.75, 3.05) is 54.5 Å². The summed E-state index contributed by atoms with van der Waals surface area (Å²) >= 11 is 0. The van der Waals surface area contributed by atoms with Gasteiger partial charge >= 0.3 is 11.9 Å². The van der Waals surface area contributed by atoms with Crippen molar-refractivity contribution in [2.45, 2.75) is 12.8 Å². The second-order valence-electron chi connectivity index (χ2n) is 4.34. The maximum atomic E-state index is 9.64. The number of carboxylic acid groups (broad SMARTS) is 2. The van der Waals surface area contributed by atoms with E-state index in [-0.39, 0.29) is 26.1 Å². The monoisotopic (exact) mass is 296 g/mol. The van der Waals surface area contributed by atoms with E-state index in [1.165, 1.54) is 0 Å². The minimum atomic E-state index is -1.08. The fourth-order valence-electron chi connectivity index (χ4n) is 0.614. The predicted octanol–water partition coefficient (Wildman–Crippen LogP) is -0.984. The summed E-state index contributed by atoms with van der Waals surface area (Å²) in [5, 5.41) is 32.2. The molecule has 122 valence electrons. The third-order valence-corrected chi connectivity index (χ3v) is 1.65. The van der Waals surface area contributed by atoms with Gasteiger partial charge in [0, 0.05) is 13.1 Å². The van der Waals surface area contributed by atoms with E-state index in [1.54, 1.807) is 0 Å². The molecular formula is C12H28N2O6. The number of hydrogen-bond acceptors (Lipinski definition) is 6. The highest BCUT2D eigenvalue weighted by molar-refractivity contribution is 5.75. The molecule has 0 bridgehead atoms. The smallest absolute Gasteiger partial charge is 0.303 e. The zero-order valence-corrected chi connectivity index (χ0v) is 12.7. The van der Waals surface area contributed by atoms with E-state index < -0.39 is 11.9 Å². The van der Waals surface area contributed by atoms with E-state index in [2.05, 4.69) is 0 Å². The Morgan fingerprint density at radius 3 is 1.05 bits per heavy atom. The first-order chi connectivity index (χ1) is 9.17. The van der Waals surface area contributed by atoms with Crippen molar-refractivity contribution in [1.29, 1.82) is 0 Å². The fourth-order valence-corrected chi connectivity index (χ4v) is 0.614. The van der Waals surface area contributed by atoms with Crippen LogP contribution in [-0.4, -0.2) is 96.7 Å². The van der Waals surface area contributed by atoms with Crippen LogP contribution in [0, 0.1) is 0 Å². The van der Waals surface area contributed by atoms with Gasteiger partial charge in [0.1, 0.15) is 0 Å². The molecule has 0 saturated carbocycles. The summed E-state index contributed by atoms with van der Waals surface area (Å²) in [5.41, 5.74) is 0. The first kappa shape index (κ1) is 23.8. The maximum absolute atomic E-state index is 9.64. The van der Waals surface area contributed by atoms with Crippen molar-refractivity contribution in [3.8, 4) is 0 Å². The van der Waals surface area contributed by atoms with Gasteiger partial charge in [-0.15, -0.1) is 0 Å². The first-order valence-electron chi connectivity index (χ1n) is 6.12. The molecule has 0 spiro atoms. The molecule has 0 aromatic rings. The summed E-state index contributed by atoms with van der Waals surface area (Å²) < 4.78 is 0. The number of likely N-dealkylation sites (N-methyl/N-ethyl adjacent to an activating group) is 2. The van der Waals surface area contributed by atoms with Crippen molar-refractivity contribution in [1.82, 2.24) is 9.80 Å². The van der Waals surface area contributed by atoms with Crippen LogP contribution in [0.3, 0.4) is 0 Å². The Kier molecular flexibility index (Phi) is 21.2. The summed E-state index contributed by atoms with van der Waals surface area (Å²) in [6.07, 6.45) is -0.593. The van der Waals surface area contributed by atoms with Crippen LogP contribution in [0.15, 0.2) is 0 Å². The van der Waals surface area contributed by atoms with Crippen molar-refractivity contribution in [3.63, 3.8) is 0 Å². The molecular weight excluding hydrogens is 268 g/mol. The van der Waals surface area contributed by atoms with Gasteiger partial charge in [-0.3, -0.25) is 9.59 Å². The lowest BCUT2D eigenvalue weighted by atomic mass is 10.3. The van der Waals surface area contributed by atoms with Gasteiger partial charge < -0.3 is 30.2 Å². The molecule has 0 unspecified atom stereocenters. The number of aliphatic hydroxyl groups is 2. The molecule has 0 saturated heterocycles. The number of nitrogens with zero attached hydrogens (tertiary/aromatic N) is 2. The lowest BCUT2D eigenvalue weighted by Gasteiger charge is -2.03. The van der Waals surface area contributed by atoms with Gasteiger partial charge in [0.15, 0.2) is 0 Å². The summed E-state index contributed by atoms with van der Waals surface area (Å²) in [6.45, 7) is 2.04. The number of rotatable bonds is 7. The van der Waals surface area contributed by atoms with Gasteiger partial charge in [-0.1, -0.05) is 0 Å². The van der Waals surface area contributed by atoms with Gasteiger partial charge in [0.05, 0.1) is 26.1 Å². The Morgan fingerprint density at radius 1 is 0.750 bits per heavy atom. The molecule has 8 nitrogen and oxygen atoms in total. The quantitative estimate of drug-likeness (QED) is 0.473. The minimum absolute atomic E-state index is 0.257. The Labute approximate surface area is 120 Å². The van der Waals surface area contributed by atoms with Crippen LogP contribution in [0.5, 0.6) is 0 Å². The molecule has 4 N–H and O–H groups in total. The van der Waals surface area contributed by atoms with E-state index in [1.807, 2.05) is 38.0 Å². The standard InChI is InChI=1S/2C4H11NO.C4H6O4/c2*1-5(2)3-4-6;5-3(6)1-2-4(7)8/h2*6H,3-4H2,1-2H3;1-2H2,(H,5,6)(H,7,8). The molecule has 0 heterocycles. The molecule has 0 aromatic heterocycles. The van der Waals surface area contributed by atoms with E-state index in [9.17, 15) is 9.59 Å². The molecule has 0 fully saturated rings. The van der Waals surface area contributed by atoms with Crippen molar-refractivity contribution >= 4 is 11.9 Å². The highest BCUT2D eigenvalue weighted by Gasteiger charge is 2.00. The third kappa shape index (κ3) is 43.7. The van der Waals surface area contributed by atoms with Crippen LogP contribution >= 0.6 is 0 Å². The summed E-state index contributed by atoms with van der Waals surface area (Å²) in [4.78, 5) is 23.1. The van der Waals surface area contributed by atoms with Crippen LogP contribution in [0.2, 0.25) is 0 Å². The molecule has 0 aliphatic rings. The lowest BCUT2D eigenvalue weighted by Crippen LogP contribution is -2.15. The molecule has 0 rings (SSSR count). The van der Waals surface area contributed by atoms with Crippen LogP contribution in [0.25, 0.3) is 0 Å². The number of carbonyl (C=O) groups is 2. The van der Waals surface area contributed by atoms with Gasteiger partial charge in [-0.2, -0.15) is 0 Å². The Bertz CT molecular complexity index is 210. The summed E-state index contributed by atoms with van der Waals surface area (Å²) in [5.74, 6) is -2.15. The van der Waals surface area contributed by atoms with Gasteiger partial charge in [-0.25, -0.2) is 0 Å². The number of hydrogen-bond donors (Lipinski definition) is 4. The molecule has 0 aromatic carbocycles. The molecule has 8 heteroatoms. The Hall–Kier alpha value is -1.22. The third-order valence-electron chi connectivity index (χ3n) is 1.65. The number of aliphatic hydroxyl groups excluding tert-OH is 2. The number of aliphatic carboxylic acids is 2. The molecule has 0 amide bonds. The summed E-state index contributed by atoms with van der Waals surface area (Å²) in [7, 11) is 7.71. The minimum Gasteiger partial charge on any atom is -0.481 e. The van der Waals surface area contributed by atoms with Gasteiger partial charge in [0.25, 0.3) is 0 Å². The Balaban J connectivity index is -0.000000221. The molecule has 0 atom stereocenters. The zero-order chi connectivity index (χ0) is 16.6. The fraction of sp³-hybridized carbons (Fsp3) is 0.833.